The van der Waals surface area contributed by atoms with Crippen molar-refractivity contribution in [1.82, 2.24) is 5.32 Å². The fourth-order valence-corrected chi connectivity index (χ4v) is 2.78. The number of rotatable bonds is 3. The average Bonchev–Trinajstić information content (AvgIpc) is 2.69. The fourth-order valence-electron chi connectivity index (χ4n) is 2.78. The van der Waals surface area contributed by atoms with E-state index < -0.39 is 6.04 Å². The molecule has 1 aromatic rings. The average molecular weight is 260 g/mol. The van der Waals surface area contributed by atoms with Gasteiger partial charge in [0.05, 0.1) is 0 Å². The van der Waals surface area contributed by atoms with Crippen LogP contribution in [0.4, 0.5) is 0 Å². The van der Waals surface area contributed by atoms with Crippen LogP contribution in [-0.4, -0.2) is 11.9 Å². The van der Waals surface area contributed by atoms with Crippen molar-refractivity contribution in [3.8, 4) is 0 Å². The van der Waals surface area contributed by atoms with Gasteiger partial charge in [0.15, 0.2) is 0 Å². The number of carbonyl (C=O) groups is 1. The van der Waals surface area contributed by atoms with Crippen LogP contribution >= 0.6 is 0 Å². The molecule has 2 unspecified atom stereocenters. The molecule has 0 aromatic heterocycles. The summed E-state index contributed by atoms with van der Waals surface area (Å²) in [6, 6.07) is 7.51. The van der Waals surface area contributed by atoms with Crippen molar-refractivity contribution in [2.75, 3.05) is 0 Å². The van der Waals surface area contributed by atoms with Gasteiger partial charge >= 0.3 is 0 Å². The van der Waals surface area contributed by atoms with E-state index in [9.17, 15) is 4.79 Å². The molecule has 0 heterocycles. The maximum Gasteiger partial charge on any atom is 0.241 e. The molecule has 1 aliphatic rings. The normalized spacial score (nSPS) is 23.1. The highest BCUT2D eigenvalue weighted by Gasteiger charge is 2.36. The molecule has 0 spiro atoms. The summed E-state index contributed by atoms with van der Waals surface area (Å²) in [5.74, 6) is -0.0659. The molecule has 0 aliphatic heterocycles. The fraction of sp³-hybridized carbons (Fsp3) is 0.562. The number of nitrogens with two attached hydrogens (primary N) is 1. The lowest BCUT2D eigenvalue weighted by Gasteiger charge is -2.29. The van der Waals surface area contributed by atoms with Crippen LogP contribution in [0.5, 0.6) is 0 Å². The van der Waals surface area contributed by atoms with E-state index >= 15 is 0 Å². The first-order valence-corrected chi connectivity index (χ1v) is 7.03. The van der Waals surface area contributed by atoms with Gasteiger partial charge in [-0.1, -0.05) is 50.1 Å². The summed E-state index contributed by atoms with van der Waals surface area (Å²) in [6.07, 6.45) is 3.40. The molecule has 3 nitrogen and oxygen atoms in total. The third-order valence-electron chi connectivity index (χ3n) is 4.29. The Morgan fingerprint density at radius 3 is 2.53 bits per heavy atom. The van der Waals surface area contributed by atoms with Gasteiger partial charge in [0.25, 0.3) is 0 Å². The maximum atomic E-state index is 12.2. The van der Waals surface area contributed by atoms with Gasteiger partial charge < -0.3 is 11.1 Å². The third kappa shape index (κ3) is 3.16. The number of carbonyl (C=O) groups excluding carboxylic acids is 1. The van der Waals surface area contributed by atoms with Crippen LogP contribution in [0.25, 0.3) is 0 Å². The van der Waals surface area contributed by atoms with Gasteiger partial charge in [-0.3, -0.25) is 4.79 Å². The van der Waals surface area contributed by atoms with Crippen LogP contribution in [0, 0.1) is 12.3 Å². The first-order valence-electron chi connectivity index (χ1n) is 7.03. The van der Waals surface area contributed by atoms with Gasteiger partial charge in [-0.2, -0.15) is 0 Å². The molecule has 1 aromatic carbocycles. The molecule has 3 N–H and O–H groups in total. The predicted octanol–water partition coefficient (Wildman–Crippen LogP) is 2.69. The minimum atomic E-state index is -0.572. The Morgan fingerprint density at radius 2 is 2.00 bits per heavy atom. The Balaban J connectivity index is 2.02. The van der Waals surface area contributed by atoms with Crippen molar-refractivity contribution in [2.24, 2.45) is 11.1 Å². The molecule has 2 atom stereocenters. The largest absolute Gasteiger partial charge is 0.351 e. The number of benzene rings is 1. The molecule has 3 heteroatoms. The number of aryl methyl sites for hydroxylation is 1. The summed E-state index contributed by atoms with van der Waals surface area (Å²) in [5.41, 5.74) is 8.27. The minimum absolute atomic E-state index is 0.0659. The topological polar surface area (TPSA) is 55.1 Å². The van der Waals surface area contributed by atoms with Gasteiger partial charge in [-0.25, -0.2) is 0 Å². The summed E-state index contributed by atoms with van der Waals surface area (Å²) in [5, 5.41) is 3.12. The number of hydrogen-bond donors (Lipinski definition) is 2. The van der Waals surface area contributed by atoms with Gasteiger partial charge in [0.2, 0.25) is 5.91 Å². The smallest absolute Gasteiger partial charge is 0.241 e. The van der Waals surface area contributed by atoms with E-state index in [0.29, 0.717) is 0 Å². The van der Waals surface area contributed by atoms with Crippen LogP contribution in [0.3, 0.4) is 0 Å². The summed E-state index contributed by atoms with van der Waals surface area (Å²) in [4.78, 5) is 12.2. The third-order valence-corrected chi connectivity index (χ3v) is 4.29. The van der Waals surface area contributed by atoms with Crippen LogP contribution in [0.15, 0.2) is 24.3 Å². The van der Waals surface area contributed by atoms with Crippen molar-refractivity contribution in [3.05, 3.63) is 35.4 Å². The zero-order valence-corrected chi connectivity index (χ0v) is 12.1. The molecule has 1 amide bonds. The van der Waals surface area contributed by atoms with E-state index in [1.165, 1.54) is 12.0 Å². The Kier molecular flexibility index (Phi) is 3.95. The Hall–Kier alpha value is -1.35. The molecule has 1 saturated carbocycles. The Labute approximate surface area is 115 Å². The Bertz CT molecular complexity index is 450. The number of amides is 1. The van der Waals surface area contributed by atoms with E-state index in [-0.39, 0.29) is 17.4 Å². The lowest BCUT2D eigenvalue weighted by atomic mass is 9.87. The number of hydrogen-bond acceptors (Lipinski definition) is 2. The molecule has 0 saturated heterocycles. The van der Waals surface area contributed by atoms with Crippen molar-refractivity contribution in [2.45, 2.75) is 52.1 Å². The highest BCUT2D eigenvalue weighted by atomic mass is 16.2. The van der Waals surface area contributed by atoms with Crippen LogP contribution in [0.2, 0.25) is 0 Å². The predicted molar refractivity (Wildman–Crippen MR) is 77.7 cm³/mol. The second kappa shape index (κ2) is 5.33. The molecule has 0 bridgehead atoms. The van der Waals surface area contributed by atoms with Crippen LogP contribution < -0.4 is 11.1 Å². The maximum absolute atomic E-state index is 12.2. The first-order chi connectivity index (χ1) is 8.90. The van der Waals surface area contributed by atoms with Crippen molar-refractivity contribution >= 4 is 5.91 Å². The highest BCUT2D eigenvalue weighted by molar-refractivity contribution is 5.83. The van der Waals surface area contributed by atoms with Crippen molar-refractivity contribution in [1.29, 1.82) is 0 Å². The SMILES string of the molecule is Cc1ccc(C(N)C(=O)NC2CCCC2(C)C)cc1. The molecule has 104 valence electrons. The minimum Gasteiger partial charge on any atom is -0.351 e. The van der Waals surface area contributed by atoms with E-state index in [1.54, 1.807) is 0 Å². The lowest BCUT2D eigenvalue weighted by molar-refractivity contribution is -0.123. The molecule has 1 fully saturated rings. The van der Waals surface area contributed by atoms with Crippen molar-refractivity contribution in [3.63, 3.8) is 0 Å². The van der Waals surface area contributed by atoms with E-state index in [4.69, 9.17) is 5.73 Å². The standard InChI is InChI=1S/C16H24N2O/c1-11-6-8-12(9-7-11)14(17)15(19)18-13-5-4-10-16(13,2)3/h6-9,13-14H,4-5,10,17H2,1-3H3,(H,18,19). The molecule has 2 rings (SSSR count). The van der Waals surface area contributed by atoms with Gasteiger partial charge in [0, 0.05) is 6.04 Å². The van der Waals surface area contributed by atoms with Gasteiger partial charge in [-0.15, -0.1) is 0 Å². The first kappa shape index (κ1) is 14.1. The zero-order valence-electron chi connectivity index (χ0n) is 12.1. The highest BCUT2D eigenvalue weighted by Crippen LogP contribution is 2.37. The summed E-state index contributed by atoms with van der Waals surface area (Å²) in [6.45, 7) is 6.45. The van der Waals surface area contributed by atoms with Crippen LogP contribution in [-0.2, 0) is 4.79 Å². The molecule has 19 heavy (non-hydrogen) atoms. The zero-order chi connectivity index (χ0) is 14.0. The summed E-state index contributed by atoms with van der Waals surface area (Å²) < 4.78 is 0. The summed E-state index contributed by atoms with van der Waals surface area (Å²) >= 11 is 0. The van der Waals surface area contributed by atoms with Gasteiger partial charge in [-0.05, 0) is 30.7 Å². The summed E-state index contributed by atoms with van der Waals surface area (Å²) in [7, 11) is 0. The van der Waals surface area contributed by atoms with Crippen molar-refractivity contribution < 1.29 is 4.79 Å². The molecule has 0 radical (unpaired) electrons. The quantitative estimate of drug-likeness (QED) is 0.878. The molecular weight excluding hydrogens is 236 g/mol. The van der Waals surface area contributed by atoms with E-state index in [2.05, 4.69) is 19.2 Å². The van der Waals surface area contributed by atoms with E-state index in [0.717, 1.165) is 18.4 Å². The monoisotopic (exact) mass is 260 g/mol. The van der Waals surface area contributed by atoms with Crippen LogP contribution in [0.1, 0.15) is 50.3 Å². The Morgan fingerprint density at radius 1 is 1.37 bits per heavy atom. The van der Waals surface area contributed by atoms with E-state index in [1.807, 2.05) is 31.2 Å². The number of nitrogens with one attached hydrogen (secondary N) is 1. The van der Waals surface area contributed by atoms with Gasteiger partial charge in [0.1, 0.15) is 6.04 Å². The molecule has 1 aliphatic carbocycles. The second-order valence-corrected chi connectivity index (χ2v) is 6.33. The lowest BCUT2D eigenvalue weighted by Crippen LogP contribution is -2.45. The molecular formula is C16H24N2O. The second-order valence-electron chi connectivity index (χ2n) is 6.33.